The molecule has 1 heterocycles. The SMILES string of the molecule is COC(=O)c1ccc(CCn2c(CSc3cccc(OC(F)(F)F)c3)c(Cl)cc(Cl)c2=O)cc1. The molecule has 0 aliphatic heterocycles. The summed E-state index contributed by atoms with van der Waals surface area (Å²) in [5, 5.41) is 0.223. The molecule has 0 atom stereocenters. The number of nitrogens with zero attached hydrogens (tertiary/aromatic N) is 1. The fourth-order valence-electron chi connectivity index (χ4n) is 3.10. The van der Waals surface area contributed by atoms with Crippen LogP contribution in [-0.2, 0) is 23.5 Å². The fraction of sp³-hybridized carbons (Fsp3) is 0.217. The van der Waals surface area contributed by atoms with Gasteiger partial charge in [-0.25, -0.2) is 4.79 Å². The monoisotopic (exact) mass is 531 g/mol. The number of pyridine rings is 1. The van der Waals surface area contributed by atoms with E-state index in [1.54, 1.807) is 30.3 Å². The lowest BCUT2D eigenvalue weighted by Gasteiger charge is -2.16. The molecule has 5 nitrogen and oxygen atoms in total. The van der Waals surface area contributed by atoms with Crippen LogP contribution in [0.25, 0.3) is 0 Å². The van der Waals surface area contributed by atoms with Crippen LogP contribution in [0.3, 0.4) is 0 Å². The van der Waals surface area contributed by atoms with E-state index in [0.29, 0.717) is 22.6 Å². The number of alkyl halides is 3. The molecule has 0 aliphatic rings. The molecule has 34 heavy (non-hydrogen) atoms. The summed E-state index contributed by atoms with van der Waals surface area (Å²) in [4.78, 5) is 24.8. The molecule has 0 aliphatic carbocycles. The molecule has 0 bridgehead atoms. The topological polar surface area (TPSA) is 57.5 Å². The number of hydrogen-bond acceptors (Lipinski definition) is 5. The first-order valence-electron chi connectivity index (χ1n) is 9.81. The van der Waals surface area contributed by atoms with E-state index in [1.165, 1.54) is 47.7 Å². The molecule has 0 amide bonds. The average molecular weight is 532 g/mol. The Balaban J connectivity index is 1.78. The third-order valence-corrected chi connectivity index (χ3v) is 6.32. The van der Waals surface area contributed by atoms with Crippen LogP contribution < -0.4 is 10.3 Å². The van der Waals surface area contributed by atoms with E-state index in [0.717, 1.165) is 5.56 Å². The molecular formula is C23H18Cl2F3NO4S. The summed E-state index contributed by atoms with van der Waals surface area (Å²) >= 11 is 13.6. The van der Waals surface area contributed by atoms with Crippen molar-refractivity contribution < 1.29 is 27.4 Å². The third kappa shape index (κ3) is 6.94. The molecule has 11 heteroatoms. The molecule has 2 aromatic carbocycles. The van der Waals surface area contributed by atoms with Crippen molar-refractivity contribution in [3.05, 3.63) is 91.8 Å². The largest absolute Gasteiger partial charge is 0.573 e. The second kappa shape index (κ2) is 11.2. The van der Waals surface area contributed by atoms with Crippen molar-refractivity contribution in [1.82, 2.24) is 4.57 Å². The molecule has 0 saturated carbocycles. The highest BCUT2D eigenvalue weighted by molar-refractivity contribution is 7.98. The van der Waals surface area contributed by atoms with E-state index in [4.69, 9.17) is 23.2 Å². The van der Waals surface area contributed by atoms with E-state index in [1.807, 2.05) is 0 Å². The Kier molecular flexibility index (Phi) is 8.57. The predicted molar refractivity (Wildman–Crippen MR) is 125 cm³/mol. The lowest BCUT2D eigenvalue weighted by molar-refractivity contribution is -0.274. The zero-order chi connectivity index (χ0) is 24.9. The number of esters is 1. The van der Waals surface area contributed by atoms with Gasteiger partial charge in [-0.15, -0.1) is 24.9 Å². The smallest absolute Gasteiger partial charge is 0.465 e. The minimum absolute atomic E-state index is 0.0413. The average Bonchev–Trinajstić information content (AvgIpc) is 2.78. The first-order chi connectivity index (χ1) is 16.1. The Morgan fingerprint density at radius 3 is 2.41 bits per heavy atom. The number of halogens is 5. The minimum atomic E-state index is -4.79. The quantitative estimate of drug-likeness (QED) is 0.249. The standard InChI is InChI=1S/C23H18Cl2F3NO4S/c1-32-22(31)15-7-5-14(6-8-15)9-10-29-20(18(24)12-19(25)21(29)30)13-34-17-4-2-3-16(11-17)33-23(26,27)28/h2-8,11-12H,9-10,13H2,1H3. The van der Waals surface area contributed by atoms with Gasteiger partial charge in [-0.3, -0.25) is 4.79 Å². The van der Waals surface area contributed by atoms with Gasteiger partial charge >= 0.3 is 12.3 Å². The number of thioether (sulfide) groups is 1. The second-order valence-corrected chi connectivity index (χ2v) is 8.86. The van der Waals surface area contributed by atoms with Gasteiger partial charge < -0.3 is 14.0 Å². The van der Waals surface area contributed by atoms with Crippen LogP contribution in [-0.4, -0.2) is 24.0 Å². The molecule has 3 aromatic rings. The van der Waals surface area contributed by atoms with Crippen molar-refractivity contribution in [3.63, 3.8) is 0 Å². The number of ether oxygens (including phenoxy) is 2. The normalized spacial score (nSPS) is 11.4. The van der Waals surface area contributed by atoms with Crippen molar-refractivity contribution in [3.8, 4) is 5.75 Å². The maximum atomic E-state index is 12.7. The van der Waals surface area contributed by atoms with Gasteiger partial charge in [-0.1, -0.05) is 41.4 Å². The number of hydrogen-bond donors (Lipinski definition) is 0. The van der Waals surface area contributed by atoms with E-state index >= 15 is 0 Å². The highest BCUT2D eigenvalue weighted by atomic mass is 35.5. The predicted octanol–water partition coefficient (Wildman–Crippen LogP) is 6.38. The van der Waals surface area contributed by atoms with E-state index in [9.17, 15) is 22.8 Å². The van der Waals surface area contributed by atoms with Crippen LogP contribution in [0.5, 0.6) is 5.75 Å². The van der Waals surface area contributed by atoms with Gasteiger partial charge in [0.1, 0.15) is 10.8 Å². The van der Waals surface area contributed by atoms with Gasteiger partial charge in [0.25, 0.3) is 5.56 Å². The molecule has 0 spiro atoms. The van der Waals surface area contributed by atoms with E-state index < -0.39 is 17.9 Å². The molecule has 0 fully saturated rings. The number of aromatic nitrogens is 1. The van der Waals surface area contributed by atoms with Crippen molar-refractivity contribution in [2.75, 3.05) is 7.11 Å². The molecular weight excluding hydrogens is 514 g/mol. The summed E-state index contributed by atoms with van der Waals surface area (Å²) < 4.78 is 47.6. The first kappa shape index (κ1) is 26.0. The molecule has 180 valence electrons. The van der Waals surface area contributed by atoms with Crippen LogP contribution in [0, 0.1) is 0 Å². The minimum Gasteiger partial charge on any atom is -0.465 e. The summed E-state index contributed by atoms with van der Waals surface area (Å²) in [7, 11) is 1.30. The lowest BCUT2D eigenvalue weighted by Crippen LogP contribution is -2.25. The molecule has 1 aromatic heterocycles. The lowest BCUT2D eigenvalue weighted by atomic mass is 10.1. The van der Waals surface area contributed by atoms with Gasteiger partial charge in [0.15, 0.2) is 0 Å². The second-order valence-electron chi connectivity index (χ2n) is 6.99. The summed E-state index contributed by atoms with van der Waals surface area (Å²) in [6, 6.07) is 13.6. The molecule has 0 unspecified atom stereocenters. The highest BCUT2D eigenvalue weighted by Crippen LogP contribution is 2.31. The van der Waals surface area contributed by atoms with Crippen LogP contribution in [0.4, 0.5) is 13.2 Å². The van der Waals surface area contributed by atoms with Crippen LogP contribution in [0.1, 0.15) is 21.6 Å². The zero-order valence-corrected chi connectivity index (χ0v) is 20.0. The summed E-state index contributed by atoms with van der Waals surface area (Å²) in [5.41, 5.74) is 1.32. The number of carbonyl (C=O) groups excluding carboxylic acids is 1. The summed E-state index contributed by atoms with van der Waals surface area (Å²) in [5.74, 6) is -0.581. The number of methoxy groups -OCH3 is 1. The van der Waals surface area contributed by atoms with Crippen molar-refractivity contribution in [2.45, 2.75) is 30.0 Å². The third-order valence-electron chi connectivity index (χ3n) is 4.72. The summed E-state index contributed by atoms with van der Waals surface area (Å²) in [6.45, 7) is 0.254. The number of carbonyl (C=O) groups is 1. The van der Waals surface area contributed by atoms with Gasteiger partial charge in [-0.05, 0) is 48.4 Å². The maximum Gasteiger partial charge on any atom is 0.573 e. The van der Waals surface area contributed by atoms with Gasteiger partial charge in [0.2, 0.25) is 0 Å². The number of aryl methyl sites for hydroxylation is 1. The number of rotatable bonds is 8. The first-order valence-corrected chi connectivity index (χ1v) is 11.5. The maximum absolute atomic E-state index is 12.7. The van der Waals surface area contributed by atoms with Crippen molar-refractivity contribution >= 4 is 40.9 Å². The zero-order valence-electron chi connectivity index (χ0n) is 17.7. The number of benzene rings is 2. The van der Waals surface area contributed by atoms with Gasteiger partial charge in [0, 0.05) is 17.2 Å². The Morgan fingerprint density at radius 2 is 1.76 bits per heavy atom. The van der Waals surface area contributed by atoms with Crippen LogP contribution in [0.15, 0.2) is 64.3 Å². The van der Waals surface area contributed by atoms with Gasteiger partial charge in [-0.2, -0.15) is 0 Å². The highest BCUT2D eigenvalue weighted by Gasteiger charge is 2.31. The van der Waals surface area contributed by atoms with Crippen LogP contribution in [0.2, 0.25) is 10.0 Å². The Hall–Kier alpha value is -2.62. The molecule has 0 radical (unpaired) electrons. The molecule has 3 rings (SSSR count). The Bertz CT molecular complexity index is 1230. The van der Waals surface area contributed by atoms with E-state index in [2.05, 4.69) is 9.47 Å². The summed E-state index contributed by atoms with van der Waals surface area (Å²) in [6.07, 6.45) is -4.34. The van der Waals surface area contributed by atoms with E-state index in [-0.39, 0.29) is 28.1 Å². The Morgan fingerprint density at radius 1 is 1.06 bits per heavy atom. The molecule has 0 saturated heterocycles. The Labute approximate surface area is 207 Å². The van der Waals surface area contributed by atoms with Crippen molar-refractivity contribution in [1.29, 1.82) is 0 Å². The fourth-order valence-corrected chi connectivity index (χ4v) is 4.71. The van der Waals surface area contributed by atoms with Gasteiger partial charge in [0.05, 0.1) is 23.4 Å². The molecule has 0 N–H and O–H groups in total. The van der Waals surface area contributed by atoms with Crippen LogP contribution >= 0.6 is 35.0 Å². The van der Waals surface area contributed by atoms with Crippen molar-refractivity contribution in [2.24, 2.45) is 0 Å².